The number of alkyl halides is 3. The summed E-state index contributed by atoms with van der Waals surface area (Å²) in [6.45, 7) is 2.92. The molecule has 0 fully saturated rings. The number of ether oxygens (including phenoxy) is 1. The maximum Gasteiger partial charge on any atom is 0.416 e. The van der Waals surface area contributed by atoms with Crippen LogP contribution in [0.5, 0.6) is 5.75 Å². The number of anilines is 1. The number of carbonyl (C=O) groups excluding carboxylic acids is 2. The minimum Gasteiger partial charge on any atom is -0.481 e. The van der Waals surface area contributed by atoms with Crippen LogP contribution in [-0.2, 0) is 11.0 Å². The molecule has 0 bridgehead atoms. The Balaban J connectivity index is 2.00. The molecule has 1 unspecified atom stereocenters. The molecule has 2 rings (SSSR count). The van der Waals surface area contributed by atoms with Gasteiger partial charge in [0.2, 0.25) is 0 Å². The average Bonchev–Trinajstić information content (AvgIpc) is 2.54. The second kappa shape index (κ2) is 7.38. The molecule has 1 amide bonds. The first-order chi connectivity index (χ1) is 11.7. The van der Waals surface area contributed by atoms with Gasteiger partial charge in [0.1, 0.15) is 5.75 Å². The first-order valence-electron chi connectivity index (χ1n) is 7.42. The zero-order valence-electron chi connectivity index (χ0n) is 13.6. The Hall–Kier alpha value is -2.83. The number of ketones is 1. The quantitative estimate of drug-likeness (QED) is 0.817. The Kier molecular flexibility index (Phi) is 5.46. The zero-order chi connectivity index (χ0) is 18.6. The van der Waals surface area contributed by atoms with Gasteiger partial charge in [0.05, 0.1) is 5.56 Å². The molecule has 1 atom stereocenters. The lowest BCUT2D eigenvalue weighted by Crippen LogP contribution is -2.30. The van der Waals surface area contributed by atoms with Crippen LogP contribution in [0.3, 0.4) is 0 Å². The highest BCUT2D eigenvalue weighted by Crippen LogP contribution is 2.29. The molecule has 0 heterocycles. The van der Waals surface area contributed by atoms with Crippen LogP contribution in [0, 0.1) is 0 Å². The highest BCUT2D eigenvalue weighted by atomic mass is 19.4. The van der Waals surface area contributed by atoms with Crippen molar-refractivity contribution in [1.82, 2.24) is 0 Å². The topological polar surface area (TPSA) is 55.4 Å². The molecule has 7 heteroatoms. The highest BCUT2D eigenvalue weighted by molar-refractivity contribution is 5.95. The maximum atomic E-state index is 12.5. The molecule has 0 radical (unpaired) electrons. The maximum absolute atomic E-state index is 12.5. The molecular formula is C18H16F3NO3. The van der Waals surface area contributed by atoms with Crippen molar-refractivity contribution in [2.75, 3.05) is 5.32 Å². The SMILES string of the molecule is CC(=O)c1cccc(OC(C)C(=O)Nc2ccc(C(F)(F)F)cc2)c1. The predicted molar refractivity (Wildman–Crippen MR) is 86.6 cm³/mol. The summed E-state index contributed by atoms with van der Waals surface area (Å²) in [5.74, 6) is -0.303. The molecule has 132 valence electrons. The van der Waals surface area contributed by atoms with Gasteiger partial charge in [-0.1, -0.05) is 12.1 Å². The molecule has 2 aromatic carbocycles. The lowest BCUT2D eigenvalue weighted by Gasteiger charge is -2.15. The van der Waals surface area contributed by atoms with Crippen LogP contribution >= 0.6 is 0 Å². The van der Waals surface area contributed by atoms with Crippen LogP contribution in [0.1, 0.15) is 29.8 Å². The number of amides is 1. The third-order valence-electron chi connectivity index (χ3n) is 3.40. The van der Waals surface area contributed by atoms with Gasteiger partial charge in [-0.2, -0.15) is 13.2 Å². The second-order valence-corrected chi connectivity index (χ2v) is 5.41. The van der Waals surface area contributed by atoms with Gasteiger partial charge in [-0.15, -0.1) is 0 Å². The van der Waals surface area contributed by atoms with Gasteiger partial charge in [0.25, 0.3) is 5.91 Å². The van der Waals surface area contributed by atoms with E-state index in [4.69, 9.17) is 4.74 Å². The van der Waals surface area contributed by atoms with Crippen molar-refractivity contribution in [3.63, 3.8) is 0 Å². The fraction of sp³-hybridized carbons (Fsp3) is 0.222. The van der Waals surface area contributed by atoms with Crippen LogP contribution < -0.4 is 10.1 Å². The Morgan fingerprint density at radius 2 is 1.72 bits per heavy atom. The number of rotatable bonds is 5. The summed E-state index contributed by atoms with van der Waals surface area (Å²) >= 11 is 0. The van der Waals surface area contributed by atoms with Gasteiger partial charge in [-0.05, 0) is 50.2 Å². The summed E-state index contributed by atoms with van der Waals surface area (Å²) in [6.07, 6.45) is -5.33. The van der Waals surface area contributed by atoms with E-state index in [0.29, 0.717) is 11.3 Å². The van der Waals surface area contributed by atoms with Crippen LogP contribution in [0.15, 0.2) is 48.5 Å². The third kappa shape index (κ3) is 5.07. The molecular weight excluding hydrogens is 335 g/mol. The minimum absolute atomic E-state index is 0.132. The van der Waals surface area contributed by atoms with Crippen molar-refractivity contribution in [1.29, 1.82) is 0 Å². The largest absolute Gasteiger partial charge is 0.481 e. The normalized spacial score (nSPS) is 12.4. The fourth-order valence-electron chi connectivity index (χ4n) is 2.03. The number of halogens is 3. The molecule has 4 nitrogen and oxygen atoms in total. The third-order valence-corrected chi connectivity index (χ3v) is 3.40. The molecule has 0 saturated carbocycles. The summed E-state index contributed by atoms with van der Waals surface area (Å²) in [6, 6.07) is 10.5. The van der Waals surface area contributed by atoms with E-state index in [-0.39, 0.29) is 11.5 Å². The fourth-order valence-corrected chi connectivity index (χ4v) is 2.03. The number of hydrogen-bond acceptors (Lipinski definition) is 3. The number of nitrogens with one attached hydrogen (secondary N) is 1. The van der Waals surface area contributed by atoms with Gasteiger partial charge < -0.3 is 10.1 Å². The molecule has 2 aromatic rings. The predicted octanol–water partition coefficient (Wildman–Crippen LogP) is 4.31. The lowest BCUT2D eigenvalue weighted by atomic mass is 10.1. The minimum atomic E-state index is -4.43. The summed E-state index contributed by atoms with van der Waals surface area (Å²) in [5, 5.41) is 2.48. The molecule has 0 spiro atoms. The van der Waals surface area contributed by atoms with E-state index < -0.39 is 23.8 Å². The van der Waals surface area contributed by atoms with Gasteiger partial charge in [0.15, 0.2) is 11.9 Å². The van der Waals surface area contributed by atoms with Gasteiger partial charge >= 0.3 is 6.18 Å². The average molecular weight is 351 g/mol. The molecule has 0 saturated heterocycles. The van der Waals surface area contributed by atoms with E-state index in [2.05, 4.69) is 5.32 Å². The molecule has 0 aliphatic rings. The standard InChI is InChI=1S/C18H16F3NO3/c1-11(23)13-4-3-5-16(10-13)25-12(2)17(24)22-15-8-6-14(7-9-15)18(19,20)21/h3-10,12H,1-2H3,(H,22,24). The zero-order valence-corrected chi connectivity index (χ0v) is 13.6. The monoisotopic (exact) mass is 351 g/mol. The number of carbonyl (C=O) groups is 2. The van der Waals surface area contributed by atoms with E-state index in [1.165, 1.54) is 32.0 Å². The van der Waals surface area contributed by atoms with Crippen molar-refractivity contribution in [3.05, 3.63) is 59.7 Å². The van der Waals surface area contributed by atoms with Crippen molar-refractivity contribution >= 4 is 17.4 Å². The number of Topliss-reactive ketones (excluding diaryl/α,β-unsaturated/α-hetero) is 1. The van der Waals surface area contributed by atoms with E-state index in [0.717, 1.165) is 12.1 Å². The second-order valence-electron chi connectivity index (χ2n) is 5.41. The Bertz CT molecular complexity index is 770. The molecule has 0 aliphatic heterocycles. The number of benzene rings is 2. The van der Waals surface area contributed by atoms with Crippen molar-refractivity contribution in [2.24, 2.45) is 0 Å². The smallest absolute Gasteiger partial charge is 0.416 e. The van der Waals surface area contributed by atoms with E-state index in [1.54, 1.807) is 18.2 Å². The van der Waals surface area contributed by atoms with Gasteiger partial charge in [0, 0.05) is 11.3 Å². The van der Waals surface area contributed by atoms with Crippen LogP contribution in [0.4, 0.5) is 18.9 Å². The number of hydrogen-bond donors (Lipinski definition) is 1. The Morgan fingerprint density at radius 3 is 2.28 bits per heavy atom. The van der Waals surface area contributed by atoms with Crippen molar-refractivity contribution in [2.45, 2.75) is 26.1 Å². The Morgan fingerprint density at radius 1 is 1.08 bits per heavy atom. The van der Waals surface area contributed by atoms with E-state index >= 15 is 0 Å². The van der Waals surface area contributed by atoms with Gasteiger partial charge in [-0.25, -0.2) is 0 Å². The lowest BCUT2D eigenvalue weighted by molar-refractivity contribution is -0.137. The van der Waals surface area contributed by atoms with E-state index in [9.17, 15) is 22.8 Å². The van der Waals surface area contributed by atoms with Gasteiger partial charge in [-0.3, -0.25) is 9.59 Å². The summed E-state index contributed by atoms with van der Waals surface area (Å²) in [4.78, 5) is 23.4. The first kappa shape index (κ1) is 18.5. The van der Waals surface area contributed by atoms with Crippen molar-refractivity contribution < 1.29 is 27.5 Å². The van der Waals surface area contributed by atoms with Crippen molar-refractivity contribution in [3.8, 4) is 5.75 Å². The Labute approximate surface area is 142 Å². The van der Waals surface area contributed by atoms with Crippen LogP contribution in [0.25, 0.3) is 0 Å². The molecule has 1 N–H and O–H groups in total. The first-order valence-corrected chi connectivity index (χ1v) is 7.42. The van der Waals surface area contributed by atoms with E-state index in [1.807, 2.05) is 0 Å². The summed E-state index contributed by atoms with van der Waals surface area (Å²) in [5.41, 5.74) is -0.116. The molecule has 0 aromatic heterocycles. The van der Waals surface area contributed by atoms with Crippen LogP contribution in [-0.4, -0.2) is 17.8 Å². The molecule has 0 aliphatic carbocycles. The highest BCUT2D eigenvalue weighted by Gasteiger charge is 2.30. The summed E-state index contributed by atoms with van der Waals surface area (Å²) < 4.78 is 43.0. The van der Waals surface area contributed by atoms with Crippen LogP contribution in [0.2, 0.25) is 0 Å². The molecule has 25 heavy (non-hydrogen) atoms. The summed E-state index contributed by atoms with van der Waals surface area (Å²) in [7, 11) is 0.